The van der Waals surface area contributed by atoms with Gasteiger partial charge in [-0.1, -0.05) is 13.8 Å². The van der Waals surface area contributed by atoms with Gasteiger partial charge in [-0.15, -0.1) is 0 Å². The maximum absolute atomic E-state index is 16.6. The van der Waals surface area contributed by atoms with Gasteiger partial charge in [0, 0.05) is 50.1 Å². The molecule has 7 heterocycles. The van der Waals surface area contributed by atoms with Crippen molar-refractivity contribution in [1.29, 1.82) is 0 Å². The summed E-state index contributed by atoms with van der Waals surface area (Å²) in [5.74, 6) is -1.14. The van der Waals surface area contributed by atoms with E-state index in [0.717, 1.165) is 45.0 Å². The second-order valence-electron chi connectivity index (χ2n) is 12.7. The number of nitrogens with two attached hydrogens (primary N) is 1. The number of nitrogen functional groups attached to an aromatic ring is 1. The first-order valence-electron chi connectivity index (χ1n) is 16.4. The standard InChI is InChI=1S/C30H36F4N8O3.C2H6/c1-15-3-6-36-7-8-37-26-21-25(40-28(41-26)43-14-29(4-5-29)13-42-11-17-9-18(12-42)45-17)23(31)24(39-27(21)44-15)19-10-20(35)38-16(2)22(19)30(32,33)34;1-2/h10,15,17-18,36H,3-9,11-14H2,1-2H3,(H2,35,38)(H,37,40,41);1-2H3. The van der Waals surface area contributed by atoms with E-state index in [4.69, 9.17) is 19.9 Å². The summed E-state index contributed by atoms with van der Waals surface area (Å²) in [5, 5.41) is 6.62. The molecule has 3 aromatic heterocycles. The number of ether oxygens (including phenoxy) is 3. The molecule has 3 atom stereocenters. The van der Waals surface area contributed by atoms with Crippen molar-refractivity contribution in [3.8, 4) is 23.1 Å². The summed E-state index contributed by atoms with van der Waals surface area (Å²) in [6.45, 7) is 11.6. The van der Waals surface area contributed by atoms with E-state index in [-0.39, 0.29) is 39.8 Å². The van der Waals surface area contributed by atoms with Crippen LogP contribution in [0.2, 0.25) is 0 Å². The van der Waals surface area contributed by atoms with Crippen molar-refractivity contribution >= 4 is 22.5 Å². The Labute approximate surface area is 271 Å². The number of rotatable bonds is 6. The average molecular weight is 663 g/mol. The van der Waals surface area contributed by atoms with E-state index >= 15 is 4.39 Å². The van der Waals surface area contributed by atoms with E-state index in [0.29, 0.717) is 44.9 Å². The van der Waals surface area contributed by atoms with Gasteiger partial charge in [0.25, 0.3) is 0 Å². The molecule has 3 unspecified atom stereocenters. The Kier molecular flexibility index (Phi) is 9.33. The number of fused-ring (bicyclic) bond motifs is 2. The van der Waals surface area contributed by atoms with Gasteiger partial charge in [0.05, 0.1) is 36.2 Å². The molecule has 0 radical (unpaired) electrons. The summed E-state index contributed by atoms with van der Waals surface area (Å²) in [4.78, 5) is 19.5. The number of anilines is 2. The first kappa shape index (κ1) is 33.3. The number of halogens is 4. The molecule has 3 aromatic rings. The zero-order chi connectivity index (χ0) is 33.5. The van der Waals surface area contributed by atoms with Crippen LogP contribution in [0.25, 0.3) is 22.2 Å². The Bertz CT molecular complexity index is 1600. The highest BCUT2D eigenvalue weighted by molar-refractivity contribution is 5.96. The Balaban J connectivity index is 0.00000190. The largest absolute Gasteiger partial charge is 0.474 e. The van der Waals surface area contributed by atoms with Gasteiger partial charge in [0.1, 0.15) is 28.2 Å². The lowest BCUT2D eigenvalue weighted by Gasteiger charge is -2.48. The number of pyridine rings is 2. The van der Waals surface area contributed by atoms with Crippen LogP contribution >= 0.6 is 0 Å². The van der Waals surface area contributed by atoms with Gasteiger partial charge < -0.3 is 30.6 Å². The second kappa shape index (κ2) is 13.2. The fourth-order valence-corrected chi connectivity index (χ4v) is 6.55. The van der Waals surface area contributed by atoms with Gasteiger partial charge in [-0.05, 0) is 45.7 Å². The maximum Gasteiger partial charge on any atom is 0.418 e. The van der Waals surface area contributed by atoms with Crippen molar-refractivity contribution < 1.29 is 31.8 Å². The molecular formula is C32H42F4N8O3. The quantitative estimate of drug-likeness (QED) is 0.309. The Morgan fingerprint density at radius 2 is 1.81 bits per heavy atom. The molecule has 11 nitrogen and oxygen atoms in total. The molecule has 5 aliphatic rings. The molecule has 0 spiro atoms. The van der Waals surface area contributed by atoms with Crippen molar-refractivity contribution in [1.82, 2.24) is 30.2 Å². The number of hydrogen-bond acceptors (Lipinski definition) is 11. The molecule has 4 fully saturated rings. The van der Waals surface area contributed by atoms with Gasteiger partial charge in [0.2, 0.25) is 5.88 Å². The number of nitrogens with one attached hydrogen (secondary N) is 2. The normalized spacial score (nSPS) is 23.7. The van der Waals surface area contributed by atoms with Gasteiger partial charge in [-0.25, -0.2) is 14.4 Å². The van der Waals surface area contributed by atoms with Gasteiger partial charge in [-0.2, -0.15) is 23.1 Å². The van der Waals surface area contributed by atoms with Crippen LogP contribution < -0.4 is 25.8 Å². The molecule has 8 rings (SSSR count). The van der Waals surface area contributed by atoms with E-state index in [1.54, 1.807) is 0 Å². The van der Waals surface area contributed by atoms with Crippen LogP contribution in [0.15, 0.2) is 6.07 Å². The number of hydrogen-bond donors (Lipinski definition) is 3. The summed E-state index contributed by atoms with van der Waals surface area (Å²) in [6.07, 6.45) is -1.02. The maximum atomic E-state index is 16.6. The average Bonchev–Trinajstić information content (AvgIpc) is 3.77. The minimum atomic E-state index is -4.85. The molecule has 1 aliphatic carbocycles. The summed E-state index contributed by atoms with van der Waals surface area (Å²) in [7, 11) is 0. The monoisotopic (exact) mass is 662 g/mol. The van der Waals surface area contributed by atoms with Crippen LogP contribution in [0.1, 0.15) is 57.7 Å². The number of alkyl halides is 3. The molecule has 15 heteroatoms. The number of piperidine rings is 1. The number of morpholine rings is 1. The van der Waals surface area contributed by atoms with Crippen LogP contribution in [-0.4, -0.2) is 89.0 Å². The van der Waals surface area contributed by atoms with Crippen LogP contribution in [0.4, 0.5) is 29.2 Å². The molecule has 1 saturated carbocycles. The number of aryl methyl sites for hydroxylation is 1. The van der Waals surface area contributed by atoms with Crippen molar-refractivity contribution in [2.45, 2.75) is 77.9 Å². The summed E-state index contributed by atoms with van der Waals surface area (Å²) in [5.41, 5.74) is 2.85. The molecule has 47 heavy (non-hydrogen) atoms. The topological polar surface area (TPSA) is 133 Å². The van der Waals surface area contributed by atoms with Crippen molar-refractivity contribution in [3.05, 3.63) is 23.1 Å². The molecule has 0 amide bonds. The Morgan fingerprint density at radius 3 is 2.49 bits per heavy atom. The van der Waals surface area contributed by atoms with E-state index in [1.807, 2.05) is 20.8 Å². The second-order valence-corrected chi connectivity index (χ2v) is 12.7. The van der Waals surface area contributed by atoms with Gasteiger partial charge in [0.15, 0.2) is 5.82 Å². The van der Waals surface area contributed by atoms with Crippen LogP contribution in [0.5, 0.6) is 11.9 Å². The molecular weight excluding hydrogens is 620 g/mol. The predicted molar refractivity (Wildman–Crippen MR) is 169 cm³/mol. The summed E-state index contributed by atoms with van der Waals surface area (Å²) < 4.78 is 77.5. The van der Waals surface area contributed by atoms with Gasteiger partial charge in [-0.3, -0.25) is 4.90 Å². The molecule has 4 aliphatic heterocycles. The molecule has 3 saturated heterocycles. The van der Waals surface area contributed by atoms with E-state index < -0.39 is 40.6 Å². The first-order valence-corrected chi connectivity index (χ1v) is 16.4. The van der Waals surface area contributed by atoms with E-state index in [9.17, 15) is 13.2 Å². The van der Waals surface area contributed by atoms with Crippen molar-refractivity contribution in [3.63, 3.8) is 0 Å². The molecule has 0 aromatic carbocycles. The lowest BCUT2D eigenvalue weighted by molar-refractivity contribution is -0.183. The third kappa shape index (κ3) is 7.02. The first-order chi connectivity index (χ1) is 22.5. The highest BCUT2D eigenvalue weighted by Gasteiger charge is 2.48. The van der Waals surface area contributed by atoms with E-state index in [1.165, 1.54) is 6.92 Å². The van der Waals surface area contributed by atoms with Crippen LogP contribution in [0.3, 0.4) is 0 Å². The third-order valence-corrected chi connectivity index (χ3v) is 8.98. The zero-order valence-electron chi connectivity index (χ0n) is 27.1. The fourth-order valence-electron chi connectivity index (χ4n) is 6.55. The third-order valence-electron chi connectivity index (χ3n) is 8.98. The van der Waals surface area contributed by atoms with E-state index in [2.05, 4.69) is 35.5 Å². The lowest BCUT2D eigenvalue weighted by atomic mass is 9.97. The lowest BCUT2D eigenvalue weighted by Crippen LogP contribution is -2.58. The highest BCUT2D eigenvalue weighted by Crippen LogP contribution is 2.48. The minimum Gasteiger partial charge on any atom is -0.474 e. The Morgan fingerprint density at radius 1 is 1.09 bits per heavy atom. The molecule has 4 N–H and O–H groups in total. The fraction of sp³-hybridized carbons (Fsp3) is 0.625. The van der Waals surface area contributed by atoms with Gasteiger partial charge >= 0.3 is 12.2 Å². The van der Waals surface area contributed by atoms with Crippen LogP contribution in [0, 0.1) is 18.2 Å². The number of nitrogens with zero attached hydrogens (tertiary/aromatic N) is 5. The Hall–Kier alpha value is -3.56. The zero-order valence-corrected chi connectivity index (χ0v) is 27.1. The molecule has 256 valence electrons. The van der Waals surface area contributed by atoms with Crippen LogP contribution in [-0.2, 0) is 10.9 Å². The van der Waals surface area contributed by atoms with Crippen molar-refractivity contribution in [2.75, 3.05) is 56.9 Å². The number of aromatic nitrogens is 4. The summed E-state index contributed by atoms with van der Waals surface area (Å²) >= 11 is 0. The predicted octanol–water partition coefficient (Wildman–Crippen LogP) is 4.97. The highest BCUT2D eigenvalue weighted by atomic mass is 19.4. The van der Waals surface area contributed by atoms with Crippen molar-refractivity contribution in [2.24, 2.45) is 5.41 Å². The SMILES string of the molecule is CC.Cc1nc(N)cc(-c2nc3c4c(nc(OCC5(CN6CC7CC(C6)O7)CC5)nc4c2F)NCCNCCC(C)O3)c1C(F)(F)F. The smallest absolute Gasteiger partial charge is 0.418 e. The minimum absolute atomic E-state index is 0.0717. The molecule has 2 bridgehead atoms. The summed E-state index contributed by atoms with van der Waals surface area (Å²) in [6, 6.07) is 0.892.